The maximum atomic E-state index is 11.1. The van der Waals surface area contributed by atoms with Crippen LogP contribution in [0.1, 0.15) is 20.9 Å². The summed E-state index contributed by atoms with van der Waals surface area (Å²) < 4.78 is 5.82. The lowest BCUT2D eigenvalue weighted by atomic mass is 10.1. The lowest BCUT2D eigenvalue weighted by Gasteiger charge is -2.09. The molecule has 28 heavy (non-hydrogen) atoms. The van der Waals surface area contributed by atoms with Gasteiger partial charge in [-0.1, -0.05) is 24.3 Å². The van der Waals surface area contributed by atoms with Gasteiger partial charge < -0.3 is 9.84 Å². The molecule has 2 aromatic carbocycles. The summed E-state index contributed by atoms with van der Waals surface area (Å²) in [6.07, 6.45) is 0. The third-order valence-electron chi connectivity index (χ3n) is 4.23. The normalized spacial score (nSPS) is 10.5. The third kappa shape index (κ3) is 3.56. The molecule has 0 amide bonds. The lowest BCUT2D eigenvalue weighted by Crippen LogP contribution is -2.00. The number of aromatic carboxylic acids is 1. The first-order chi connectivity index (χ1) is 13.6. The molecule has 1 N–H and O–H groups in total. The maximum Gasteiger partial charge on any atom is 0.345 e. The Labute approximate surface area is 165 Å². The molecule has 0 bridgehead atoms. The molecular weight excluding hydrogens is 372 g/mol. The number of para-hydroxylation sites is 1. The van der Waals surface area contributed by atoms with Crippen molar-refractivity contribution in [2.24, 2.45) is 0 Å². The lowest BCUT2D eigenvalue weighted by molar-refractivity contribution is 0.0702. The molecule has 0 aliphatic heterocycles. The van der Waals surface area contributed by atoms with Gasteiger partial charge in [-0.2, -0.15) is 5.26 Å². The van der Waals surface area contributed by atoms with E-state index in [1.807, 2.05) is 42.5 Å². The molecule has 0 unspecified atom stereocenters. The summed E-state index contributed by atoms with van der Waals surface area (Å²) in [4.78, 5) is 16.7. The molecule has 6 heteroatoms. The fraction of sp³-hybridized carbons (Fsp3) is 0.0455. The van der Waals surface area contributed by atoms with Gasteiger partial charge in [0.05, 0.1) is 16.8 Å². The highest BCUT2D eigenvalue weighted by atomic mass is 32.1. The van der Waals surface area contributed by atoms with Crippen LogP contribution in [-0.4, -0.2) is 16.1 Å². The second-order valence-corrected chi connectivity index (χ2v) is 7.16. The van der Waals surface area contributed by atoms with E-state index < -0.39 is 5.97 Å². The number of ether oxygens (including phenoxy) is 1. The minimum absolute atomic E-state index is 0.251. The SMILES string of the molecule is N#Cc1cc(-c2ccc(C(=O)O)s2)ccc1OCc1ccc2ccccc2n1. The van der Waals surface area contributed by atoms with E-state index in [9.17, 15) is 10.1 Å². The molecule has 0 spiro atoms. The van der Waals surface area contributed by atoms with Crippen LogP contribution in [0.15, 0.2) is 66.7 Å². The molecule has 0 atom stereocenters. The summed E-state index contributed by atoms with van der Waals surface area (Å²) in [6, 6.07) is 22.5. The van der Waals surface area contributed by atoms with Gasteiger partial charge in [0.2, 0.25) is 0 Å². The smallest absolute Gasteiger partial charge is 0.345 e. The van der Waals surface area contributed by atoms with E-state index in [0.29, 0.717) is 11.3 Å². The number of nitriles is 1. The van der Waals surface area contributed by atoms with Crippen molar-refractivity contribution in [3.05, 3.63) is 82.9 Å². The standard InChI is InChI=1S/C22H14N2O3S/c23-12-16-11-15(20-9-10-21(28-20)22(25)26)6-8-19(16)27-13-17-7-5-14-3-1-2-4-18(14)24-17/h1-11H,13H2,(H,25,26). The Hall–Kier alpha value is -3.69. The van der Waals surface area contributed by atoms with Gasteiger partial charge in [0.15, 0.2) is 0 Å². The van der Waals surface area contributed by atoms with Crippen LogP contribution in [0.25, 0.3) is 21.3 Å². The zero-order chi connectivity index (χ0) is 19.5. The van der Waals surface area contributed by atoms with Gasteiger partial charge in [0.25, 0.3) is 0 Å². The van der Waals surface area contributed by atoms with Crippen LogP contribution in [0, 0.1) is 11.3 Å². The zero-order valence-corrected chi connectivity index (χ0v) is 15.4. The van der Waals surface area contributed by atoms with Crippen LogP contribution in [-0.2, 0) is 6.61 Å². The molecule has 2 aromatic heterocycles. The molecule has 0 radical (unpaired) electrons. The molecule has 136 valence electrons. The number of thiophene rings is 1. The molecule has 2 heterocycles. The topological polar surface area (TPSA) is 83.2 Å². The van der Waals surface area contributed by atoms with Crippen molar-refractivity contribution < 1.29 is 14.6 Å². The predicted molar refractivity (Wildman–Crippen MR) is 108 cm³/mol. The van der Waals surface area contributed by atoms with Gasteiger partial charge in [-0.05, 0) is 48.0 Å². The van der Waals surface area contributed by atoms with Gasteiger partial charge in [-0.15, -0.1) is 11.3 Å². The molecule has 0 saturated heterocycles. The van der Waals surface area contributed by atoms with Crippen LogP contribution in [0.4, 0.5) is 0 Å². The number of carboxylic acid groups (broad SMARTS) is 1. The minimum atomic E-state index is -0.959. The first kappa shape index (κ1) is 17.7. The summed E-state index contributed by atoms with van der Waals surface area (Å²) in [5.41, 5.74) is 2.84. The maximum absolute atomic E-state index is 11.1. The largest absolute Gasteiger partial charge is 0.486 e. The summed E-state index contributed by atoms with van der Waals surface area (Å²) in [6.45, 7) is 0.251. The van der Waals surface area contributed by atoms with E-state index in [2.05, 4.69) is 11.1 Å². The Morgan fingerprint density at radius 3 is 2.75 bits per heavy atom. The molecule has 0 fully saturated rings. The molecule has 0 saturated carbocycles. The van der Waals surface area contributed by atoms with Gasteiger partial charge in [0.1, 0.15) is 23.3 Å². The van der Waals surface area contributed by atoms with Crippen molar-refractivity contribution in [3.8, 4) is 22.3 Å². The number of carbonyl (C=O) groups is 1. The highest BCUT2D eigenvalue weighted by molar-refractivity contribution is 7.17. The monoisotopic (exact) mass is 386 g/mol. The van der Waals surface area contributed by atoms with E-state index in [1.54, 1.807) is 24.3 Å². The Bertz CT molecular complexity index is 1220. The van der Waals surface area contributed by atoms with Crippen molar-refractivity contribution in [3.63, 3.8) is 0 Å². The van der Waals surface area contributed by atoms with E-state index in [-0.39, 0.29) is 11.5 Å². The van der Waals surface area contributed by atoms with Gasteiger partial charge in [-0.25, -0.2) is 9.78 Å². The number of nitrogens with zero attached hydrogens (tertiary/aromatic N) is 2. The van der Waals surface area contributed by atoms with Crippen LogP contribution in [0.3, 0.4) is 0 Å². The Balaban J connectivity index is 1.55. The number of pyridine rings is 1. The average molecular weight is 386 g/mol. The molecular formula is C22H14N2O3S. The second-order valence-electron chi connectivity index (χ2n) is 6.08. The number of rotatable bonds is 5. The second kappa shape index (κ2) is 7.51. The molecule has 0 aliphatic rings. The summed E-state index contributed by atoms with van der Waals surface area (Å²) >= 11 is 1.17. The van der Waals surface area contributed by atoms with Crippen LogP contribution < -0.4 is 4.74 Å². The van der Waals surface area contributed by atoms with Crippen molar-refractivity contribution >= 4 is 28.2 Å². The highest BCUT2D eigenvalue weighted by Gasteiger charge is 2.11. The van der Waals surface area contributed by atoms with Crippen LogP contribution >= 0.6 is 11.3 Å². The average Bonchev–Trinajstić information content (AvgIpc) is 3.22. The van der Waals surface area contributed by atoms with Crippen molar-refractivity contribution in [2.75, 3.05) is 0 Å². The molecule has 5 nitrogen and oxygen atoms in total. The molecule has 4 rings (SSSR count). The quantitative estimate of drug-likeness (QED) is 0.515. The van der Waals surface area contributed by atoms with E-state index >= 15 is 0 Å². The number of hydrogen-bond acceptors (Lipinski definition) is 5. The highest BCUT2D eigenvalue weighted by Crippen LogP contribution is 2.31. The Kier molecular flexibility index (Phi) is 4.75. The van der Waals surface area contributed by atoms with Crippen LogP contribution in [0.5, 0.6) is 5.75 Å². The zero-order valence-electron chi connectivity index (χ0n) is 14.6. The number of carboxylic acids is 1. The Morgan fingerprint density at radius 2 is 1.96 bits per heavy atom. The van der Waals surface area contributed by atoms with Gasteiger partial charge in [0, 0.05) is 10.3 Å². The van der Waals surface area contributed by atoms with Crippen molar-refractivity contribution in [1.82, 2.24) is 4.98 Å². The van der Waals surface area contributed by atoms with E-state index in [4.69, 9.17) is 9.84 Å². The number of hydrogen-bond donors (Lipinski definition) is 1. The molecule has 0 aliphatic carbocycles. The molecule has 4 aromatic rings. The van der Waals surface area contributed by atoms with Gasteiger partial charge in [-0.3, -0.25) is 0 Å². The number of fused-ring (bicyclic) bond motifs is 1. The van der Waals surface area contributed by atoms with Crippen molar-refractivity contribution in [2.45, 2.75) is 6.61 Å². The van der Waals surface area contributed by atoms with Crippen molar-refractivity contribution in [1.29, 1.82) is 5.26 Å². The number of benzene rings is 2. The first-order valence-electron chi connectivity index (χ1n) is 8.49. The minimum Gasteiger partial charge on any atom is -0.486 e. The Morgan fingerprint density at radius 1 is 1.11 bits per heavy atom. The first-order valence-corrected chi connectivity index (χ1v) is 9.31. The fourth-order valence-electron chi connectivity index (χ4n) is 2.84. The third-order valence-corrected chi connectivity index (χ3v) is 5.36. The fourth-order valence-corrected chi connectivity index (χ4v) is 3.69. The van der Waals surface area contributed by atoms with E-state index in [0.717, 1.165) is 27.0 Å². The van der Waals surface area contributed by atoms with Crippen LogP contribution in [0.2, 0.25) is 0 Å². The number of aromatic nitrogens is 1. The summed E-state index contributed by atoms with van der Waals surface area (Å²) in [5.74, 6) is -0.490. The summed E-state index contributed by atoms with van der Waals surface area (Å²) in [7, 11) is 0. The van der Waals surface area contributed by atoms with Gasteiger partial charge >= 0.3 is 5.97 Å². The predicted octanol–water partition coefficient (Wildman–Crippen LogP) is 5.11. The van der Waals surface area contributed by atoms with E-state index in [1.165, 1.54) is 11.3 Å². The summed E-state index contributed by atoms with van der Waals surface area (Å²) in [5, 5.41) is 19.6.